The fraction of sp³-hybridized carbons (Fsp3) is 0.333. The quantitative estimate of drug-likeness (QED) is 0.606. The molecule has 0 fully saturated rings. The van der Waals surface area contributed by atoms with E-state index in [4.69, 9.17) is 0 Å². The molecule has 1 aromatic carbocycles. The number of rotatable bonds is 1. The van der Waals surface area contributed by atoms with Gasteiger partial charge in [0.15, 0.2) is 0 Å². The molecule has 0 spiro atoms. The summed E-state index contributed by atoms with van der Waals surface area (Å²) in [6.45, 7) is 4.34. The van der Waals surface area contributed by atoms with E-state index in [-0.39, 0.29) is 4.31 Å². The zero-order valence-corrected chi connectivity index (χ0v) is 8.01. The number of benzene rings is 1. The molecule has 0 aromatic heterocycles. The van der Waals surface area contributed by atoms with Gasteiger partial charge in [-0.1, -0.05) is 0 Å². The van der Waals surface area contributed by atoms with Gasteiger partial charge < -0.3 is 0 Å². The number of hydrogen-bond acceptors (Lipinski definition) is 0. The van der Waals surface area contributed by atoms with Crippen molar-refractivity contribution in [1.29, 1.82) is 0 Å². The molecule has 0 unspecified atom stereocenters. The molecule has 53 valence electrons. The van der Waals surface area contributed by atoms with Crippen LogP contribution in [0.1, 0.15) is 19.4 Å². The van der Waals surface area contributed by atoms with Gasteiger partial charge >= 0.3 is 70.1 Å². The van der Waals surface area contributed by atoms with Crippen LogP contribution in [0.5, 0.6) is 0 Å². The molecule has 0 saturated carbocycles. The standard InChI is InChI=1S/C9H11Se/c1-9(2,10)8-6-4-3-5-7-8/h3-7H,1-2H3. The van der Waals surface area contributed by atoms with Crippen molar-refractivity contribution in [3.63, 3.8) is 0 Å². The van der Waals surface area contributed by atoms with Crippen LogP contribution in [-0.2, 0) is 4.31 Å². The van der Waals surface area contributed by atoms with Crippen LogP contribution in [0.2, 0.25) is 0 Å². The summed E-state index contributed by atoms with van der Waals surface area (Å²) in [4.78, 5) is 0. The first-order chi connectivity index (χ1) is 4.61. The van der Waals surface area contributed by atoms with E-state index in [0.717, 1.165) is 0 Å². The van der Waals surface area contributed by atoms with Crippen molar-refractivity contribution in [1.82, 2.24) is 0 Å². The van der Waals surface area contributed by atoms with Gasteiger partial charge in [-0.15, -0.1) is 0 Å². The average Bonchev–Trinajstić information content (AvgIpc) is 1.88. The van der Waals surface area contributed by atoms with Crippen molar-refractivity contribution in [3.05, 3.63) is 35.9 Å². The average molecular weight is 198 g/mol. The molecule has 0 amide bonds. The van der Waals surface area contributed by atoms with E-state index in [1.165, 1.54) is 5.56 Å². The Morgan fingerprint density at radius 1 is 1.10 bits per heavy atom. The fourth-order valence-electron chi connectivity index (χ4n) is 0.840. The first-order valence-corrected chi connectivity index (χ1v) is 4.22. The van der Waals surface area contributed by atoms with Crippen molar-refractivity contribution in [3.8, 4) is 0 Å². The Kier molecular flexibility index (Phi) is 2.17. The van der Waals surface area contributed by atoms with Crippen molar-refractivity contribution in [2.75, 3.05) is 0 Å². The summed E-state index contributed by atoms with van der Waals surface area (Å²) in [5, 5.41) is 0. The minimum atomic E-state index is 0.168. The monoisotopic (exact) mass is 199 g/mol. The molecular weight excluding hydrogens is 187 g/mol. The van der Waals surface area contributed by atoms with Crippen LogP contribution in [0.3, 0.4) is 0 Å². The molecule has 1 rings (SSSR count). The van der Waals surface area contributed by atoms with E-state index in [9.17, 15) is 0 Å². The maximum absolute atomic E-state index is 3.13. The van der Waals surface area contributed by atoms with Crippen molar-refractivity contribution < 1.29 is 0 Å². The molecule has 10 heavy (non-hydrogen) atoms. The van der Waals surface area contributed by atoms with Crippen LogP contribution in [0.25, 0.3) is 0 Å². The molecular formula is C9H11Se. The van der Waals surface area contributed by atoms with Crippen LogP contribution >= 0.6 is 0 Å². The molecule has 1 aromatic rings. The third-order valence-corrected chi connectivity index (χ3v) is 1.96. The van der Waals surface area contributed by atoms with E-state index in [0.29, 0.717) is 0 Å². The zero-order valence-electron chi connectivity index (χ0n) is 6.29. The second-order valence-corrected chi connectivity index (χ2v) is 5.02. The van der Waals surface area contributed by atoms with Crippen LogP contribution < -0.4 is 0 Å². The van der Waals surface area contributed by atoms with Crippen molar-refractivity contribution >= 4 is 16.0 Å². The second kappa shape index (κ2) is 2.77. The minimum absolute atomic E-state index is 0.168. The van der Waals surface area contributed by atoms with Gasteiger partial charge in [-0.3, -0.25) is 0 Å². The molecule has 0 heterocycles. The summed E-state index contributed by atoms with van der Waals surface area (Å²) in [5.74, 6) is 0. The topological polar surface area (TPSA) is 0 Å². The SMILES string of the molecule is CC(C)([Se])c1ccccc1. The van der Waals surface area contributed by atoms with Gasteiger partial charge in [0.1, 0.15) is 0 Å². The van der Waals surface area contributed by atoms with Crippen LogP contribution in [0, 0.1) is 0 Å². The maximum atomic E-state index is 3.13. The summed E-state index contributed by atoms with van der Waals surface area (Å²) in [5.41, 5.74) is 1.34. The van der Waals surface area contributed by atoms with Gasteiger partial charge in [0.05, 0.1) is 0 Å². The molecule has 0 bridgehead atoms. The van der Waals surface area contributed by atoms with Gasteiger partial charge in [-0.05, 0) is 0 Å². The molecule has 0 N–H and O–H groups in total. The predicted molar refractivity (Wildman–Crippen MR) is 45.2 cm³/mol. The van der Waals surface area contributed by atoms with Gasteiger partial charge in [0.2, 0.25) is 0 Å². The Balaban J connectivity index is 2.97. The molecule has 1 heteroatoms. The molecule has 0 saturated heterocycles. The Morgan fingerprint density at radius 2 is 1.60 bits per heavy atom. The summed E-state index contributed by atoms with van der Waals surface area (Å²) in [7, 11) is 0. The molecule has 0 nitrogen and oxygen atoms in total. The van der Waals surface area contributed by atoms with Gasteiger partial charge in [-0.2, -0.15) is 0 Å². The third kappa shape index (κ3) is 1.86. The van der Waals surface area contributed by atoms with Crippen LogP contribution in [0.4, 0.5) is 0 Å². The second-order valence-electron chi connectivity index (χ2n) is 2.88. The molecule has 0 aliphatic heterocycles. The van der Waals surface area contributed by atoms with E-state index < -0.39 is 0 Å². The Morgan fingerprint density at radius 3 is 1.90 bits per heavy atom. The Hall–Kier alpha value is -0.261. The first-order valence-electron chi connectivity index (χ1n) is 3.36. The molecule has 0 aliphatic carbocycles. The Bertz CT molecular complexity index is 196. The van der Waals surface area contributed by atoms with E-state index >= 15 is 0 Å². The fourth-order valence-corrected chi connectivity index (χ4v) is 1.13. The van der Waals surface area contributed by atoms with Gasteiger partial charge in [0.25, 0.3) is 0 Å². The zero-order chi connectivity index (χ0) is 7.61. The summed E-state index contributed by atoms with van der Waals surface area (Å²) in [6.07, 6.45) is 0. The van der Waals surface area contributed by atoms with E-state index in [2.05, 4.69) is 54.1 Å². The van der Waals surface area contributed by atoms with Crippen molar-refractivity contribution in [2.45, 2.75) is 18.2 Å². The van der Waals surface area contributed by atoms with Crippen LogP contribution in [0.15, 0.2) is 30.3 Å². The van der Waals surface area contributed by atoms with Crippen LogP contribution in [-0.4, -0.2) is 16.0 Å². The molecule has 0 aliphatic rings. The van der Waals surface area contributed by atoms with Gasteiger partial charge in [-0.25, -0.2) is 0 Å². The summed E-state index contributed by atoms with van der Waals surface area (Å²) in [6, 6.07) is 10.4. The summed E-state index contributed by atoms with van der Waals surface area (Å²) >= 11 is 3.13. The third-order valence-electron chi connectivity index (χ3n) is 1.47. The Labute approximate surface area is 70.5 Å². The van der Waals surface area contributed by atoms with Gasteiger partial charge in [0, 0.05) is 0 Å². The molecule has 0 atom stereocenters. The molecule has 1 radical (unpaired) electrons. The number of hydrogen-bond donors (Lipinski definition) is 0. The summed E-state index contributed by atoms with van der Waals surface area (Å²) < 4.78 is 0.168. The first kappa shape index (κ1) is 7.84. The van der Waals surface area contributed by atoms with E-state index in [1.807, 2.05) is 6.07 Å². The van der Waals surface area contributed by atoms with Crippen molar-refractivity contribution in [2.24, 2.45) is 0 Å². The normalized spacial score (nSPS) is 11.5. The predicted octanol–water partition coefficient (Wildman–Crippen LogP) is 2.09. The van der Waals surface area contributed by atoms with E-state index in [1.54, 1.807) is 0 Å².